The van der Waals surface area contributed by atoms with E-state index in [1.807, 2.05) is 30.3 Å². The Balaban J connectivity index is 2.12. The monoisotopic (exact) mass is 259 g/mol. The van der Waals surface area contributed by atoms with Crippen LogP contribution in [0.25, 0.3) is 0 Å². The van der Waals surface area contributed by atoms with Crippen molar-refractivity contribution in [2.24, 2.45) is 5.73 Å². The molecule has 0 spiro atoms. The quantitative estimate of drug-likeness (QED) is 0.673. The second-order valence-corrected chi connectivity index (χ2v) is 4.53. The first-order valence-corrected chi connectivity index (χ1v) is 6.07. The van der Waals surface area contributed by atoms with Gasteiger partial charge in [-0.15, -0.1) is 0 Å². The molecule has 2 aromatic carbocycles. The number of benzene rings is 2. The average Bonchev–Trinajstić information content (AvgIpc) is 2.39. The van der Waals surface area contributed by atoms with E-state index in [1.54, 1.807) is 0 Å². The summed E-state index contributed by atoms with van der Waals surface area (Å²) in [6.07, 6.45) is -0.402. The summed E-state index contributed by atoms with van der Waals surface area (Å²) in [6, 6.07) is 13.0. The normalized spacial score (nSPS) is 14.0. The maximum atomic E-state index is 10.1. The lowest BCUT2D eigenvalue weighted by molar-refractivity contribution is 0.143. The number of nitrogens with two attached hydrogens (primary N) is 1. The molecule has 5 N–H and O–H groups in total. The summed E-state index contributed by atoms with van der Waals surface area (Å²) in [5, 5.41) is 29.1. The minimum absolute atomic E-state index is 0.0361. The highest BCUT2D eigenvalue weighted by Crippen LogP contribution is 2.29. The van der Waals surface area contributed by atoms with Crippen molar-refractivity contribution < 1.29 is 15.3 Å². The molecule has 2 atom stereocenters. The highest BCUT2D eigenvalue weighted by molar-refractivity contribution is 5.41. The Morgan fingerprint density at radius 3 is 2.32 bits per heavy atom. The van der Waals surface area contributed by atoms with Crippen LogP contribution < -0.4 is 5.73 Å². The first-order valence-electron chi connectivity index (χ1n) is 6.07. The number of hydrogen-bond acceptors (Lipinski definition) is 4. The van der Waals surface area contributed by atoms with Gasteiger partial charge in [-0.25, -0.2) is 0 Å². The fourth-order valence-electron chi connectivity index (χ4n) is 2.00. The lowest BCUT2D eigenvalue weighted by Crippen LogP contribution is -2.28. The van der Waals surface area contributed by atoms with E-state index in [9.17, 15) is 15.3 Å². The van der Waals surface area contributed by atoms with E-state index in [0.717, 1.165) is 5.56 Å². The largest absolute Gasteiger partial charge is 0.508 e. The third-order valence-corrected chi connectivity index (χ3v) is 3.08. The summed E-state index contributed by atoms with van der Waals surface area (Å²) < 4.78 is 0. The Labute approximate surface area is 111 Å². The third-order valence-electron chi connectivity index (χ3n) is 3.08. The van der Waals surface area contributed by atoms with Gasteiger partial charge >= 0.3 is 0 Å². The lowest BCUT2D eigenvalue weighted by atomic mass is 9.96. The van der Waals surface area contributed by atoms with Gasteiger partial charge in [-0.3, -0.25) is 0 Å². The van der Waals surface area contributed by atoms with Crippen LogP contribution in [0.1, 0.15) is 17.2 Å². The number of aromatic hydroxyl groups is 2. The maximum Gasteiger partial charge on any atom is 0.124 e. The van der Waals surface area contributed by atoms with Crippen molar-refractivity contribution in [2.45, 2.75) is 18.6 Å². The SMILES string of the molecule is N[C@H](c1ccc(O)cc1O)[C@@H](O)Cc1ccccc1. The van der Waals surface area contributed by atoms with Crippen LogP contribution >= 0.6 is 0 Å². The highest BCUT2D eigenvalue weighted by Gasteiger charge is 2.20. The van der Waals surface area contributed by atoms with Crippen LogP contribution in [0, 0.1) is 0 Å². The Morgan fingerprint density at radius 1 is 1.00 bits per heavy atom. The van der Waals surface area contributed by atoms with Gasteiger partial charge in [0, 0.05) is 18.1 Å². The van der Waals surface area contributed by atoms with E-state index >= 15 is 0 Å². The van der Waals surface area contributed by atoms with E-state index in [-0.39, 0.29) is 11.5 Å². The number of phenolic OH excluding ortho intramolecular Hbond substituents is 2. The van der Waals surface area contributed by atoms with Crippen LogP contribution in [0.3, 0.4) is 0 Å². The average molecular weight is 259 g/mol. The molecule has 0 aliphatic carbocycles. The van der Waals surface area contributed by atoms with Gasteiger partial charge < -0.3 is 21.1 Å². The van der Waals surface area contributed by atoms with Crippen molar-refractivity contribution in [1.29, 1.82) is 0 Å². The van der Waals surface area contributed by atoms with E-state index in [0.29, 0.717) is 12.0 Å². The lowest BCUT2D eigenvalue weighted by Gasteiger charge is -2.20. The predicted octanol–water partition coefficient (Wildman–Crippen LogP) is 1.70. The van der Waals surface area contributed by atoms with Gasteiger partial charge in [0.2, 0.25) is 0 Å². The molecule has 0 aromatic heterocycles. The zero-order valence-electron chi connectivity index (χ0n) is 10.4. The van der Waals surface area contributed by atoms with E-state index in [4.69, 9.17) is 5.73 Å². The van der Waals surface area contributed by atoms with Crippen LogP contribution in [0.2, 0.25) is 0 Å². The van der Waals surface area contributed by atoms with Gasteiger partial charge in [0.05, 0.1) is 12.1 Å². The molecule has 0 radical (unpaired) electrons. The molecule has 0 aliphatic heterocycles. The van der Waals surface area contributed by atoms with Crippen molar-refractivity contribution in [2.75, 3.05) is 0 Å². The molecule has 4 nitrogen and oxygen atoms in total. The molecule has 0 fully saturated rings. The zero-order valence-corrected chi connectivity index (χ0v) is 10.4. The van der Waals surface area contributed by atoms with E-state index in [2.05, 4.69) is 0 Å². The molecule has 0 saturated heterocycles. The second kappa shape index (κ2) is 5.73. The number of rotatable bonds is 4. The number of hydrogen-bond donors (Lipinski definition) is 4. The third kappa shape index (κ3) is 3.24. The fraction of sp³-hybridized carbons (Fsp3) is 0.200. The molecule has 100 valence electrons. The van der Waals surface area contributed by atoms with Gasteiger partial charge in [0.1, 0.15) is 11.5 Å². The Morgan fingerprint density at radius 2 is 1.68 bits per heavy atom. The second-order valence-electron chi connectivity index (χ2n) is 4.53. The van der Waals surface area contributed by atoms with Crippen molar-refractivity contribution in [3.05, 3.63) is 59.7 Å². The van der Waals surface area contributed by atoms with Crippen molar-refractivity contribution in [1.82, 2.24) is 0 Å². The smallest absolute Gasteiger partial charge is 0.124 e. The molecule has 2 rings (SSSR count). The molecule has 0 amide bonds. The summed E-state index contributed by atoms with van der Waals surface area (Å²) in [4.78, 5) is 0. The van der Waals surface area contributed by atoms with Crippen LogP contribution in [0.4, 0.5) is 0 Å². The van der Waals surface area contributed by atoms with Crippen LogP contribution in [0.5, 0.6) is 11.5 Å². The van der Waals surface area contributed by atoms with Crippen LogP contribution in [0.15, 0.2) is 48.5 Å². The Bertz CT molecular complexity index is 542. The summed E-state index contributed by atoms with van der Waals surface area (Å²) in [5.41, 5.74) is 7.34. The van der Waals surface area contributed by atoms with Crippen molar-refractivity contribution >= 4 is 0 Å². The fourth-order valence-corrected chi connectivity index (χ4v) is 2.00. The molecular formula is C15H17NO3. The summed E-state index contributed by atoms with van der Waals surface area (Å²) in [6.45, 7) is 0. The van der Waals surface area contributed by atoms with Gasteiger partial charge in [0.25, 0.3) is 0 Å². The number of aliphatic hydroxyl groups is 1. The Kier molecular flexibility index (Phi) is 4.04. The first-order chi connectivity index (χ1) is 9.08. The molecule has 0 aliphatic rings. The minimum Gasteiger partial charge on any atom is -0.508 e. The molecule has 0 heterocycles. The van der Waals surface area contributed by atoms with Crippen molar-refractivity contribution in [3.8, 4) is 11.5 Å². The van der Waals surface area contributed by atoms with Crippen LogP contribution in [-0.4, -0.2) is 21.4 Å². The Hall–Kier alpha value is -2.04. The van der Waals surface area contributed by atoms with E-state index < -0.39 is 12.1 Å². The molecule has 19 heavy (non-hydrogen) atoms. The van der Waals surface area contributed by atoms with Gasteiger partial charge in [-0.1, -0.05) is 30.3 Å². The zero-order chi connectivity index (χ0) is 13.8. The van der Waals surface area contributed by atoms with Gasteiger partial charge in [-0.05, 0) is 17.7 Å². The summed E-state index contributed by atoms with van der Waals surface area (Å²) in [7, 11) is 0. The summed E-state index contributed by atoms with van der Waals surface area (Å²) in [5.74, 6) is -0.148. The molecule has 4 heteroatoms. The van der Waals surface area contributed by atoms with Gasteiger partial charge in [-0.2, -0.15) is 0 Å². The number of aliphatic hydroxyl groups excluding tert-OH is 1. The molecular weight excluding hydrogens is 242 g/mol. The highest BCUT2D eigenvalue weighted by atomic mass is 16.3. The molecule has 2 aromatic rings. The summed E-state index contributed by atoms with van der Waals surface area (Å²) >= 11 is 0. The molecule has 0 saturated carbocycles. The minimum atomic E-state index is -0.808. The standard InChI is InChI=1S/C15H17NO3/c16-15(12-7-6-11(17)9-13(12)18)14(19)8-10-4-2-1-3-5-10/h1-7,9,14-15,17-19H,8,16H2/t14-,15+/m0/s1. The van der Waals surface area contributed by atoms with E-state index in [1.165, 1.54) is 18.2 Å². The van der Waals surface area contributed by atoms with Crippen molar-refractivity contribution in [3.63, 3.8) is 0 Å². The molecule has 0 unspecified atom stereocenters. The van der Waals surface area contributed by atoms with Gasteiger partial charge in [0.15, 0.2) is 0 Å². The maximum absolute atomic E-state index is 10.1. The first kappa shape index (κ1) is 13.4. The number of phenols is 2. The van der Waals surface area contributed by atoms with Crippen LogP contribution in [-0.2, 0) is 6.42 Å². The predicted molar refractivity (Wildman–Crippen MR) is 72.9 cm³/mol. The molecule has 0 bridgehead atoms. The topological polar surface area (TPSA) is 86.7 Å².